The third-order valence-corrected chi connectivity index (χ3v) is 6.69. The number of carbonyl (C=O) groups is 1. The summed E-state index contributed by atoms with van der Waals surface area (Å²) in [5, 5.41) is 15.6. The number of benzene rings is 3. The zero-order valence-corrected chi connectivity index (χ0v) is 18.4. The number of carboxylic acids is 1. The number of hydrogen-bond acceptors (Lipinski definition) is 3. The molecule has 4 nitrogen and oxygen atoms in total. The van der Waals surface area contributed by atoms with Gasteiger partial charge < -0.3 is 5.11 Å². The van der Waals surface area contributed by atoms with Crippen molar-refractivity contribution in [2.75, 3.05) is 6.26 Å². The number of aryl methyl sites for hydroxylation is 1. The first-order valence-corrected chi connectivity index (χ1v) is 11.5. The van der Waals surface area contributed by atoms with Crippen LogP contribution in [0.4, 0.5) is 0 Å². The summed E-state index contributed by atoms with van der Waals surface area (Å²) in [7, 11) is 0. The third kappa shape index (κ3) is 3.44. The van der Waals surface area contributed by atoms with Crippen LogP contribution in [0.3, 0.4) is 0 Å². The van der Waals surface area contributed by atoms with Crippen molar-refractivity contribution in [2.45, 2.75) is 17.7 Å². The van der Waals surface area contributed by atoms with Crippen molar-refractivity contribution in [1.29, 1.82) is 0 Å². The lowest BCUT2D eigenvalue weighted by atomic mass is 9.82. The first-order valence-electron chi connectivity index (χ1n) is 9.94. The van der Waals surface area contributed by atoms with Gasteiger partial charge >= 0.3 is 5.97 Å². The average molecular weight is 447 g/mol. The SMILES string of the molecule is CSc1cc(-c2ccc(Cl)cc2)c2c(c1C(=O)O)-c1cn(-c3ccccc3)nc1CC2. The van der Waals surface area contributed by atoms with Crippen LogP contribution in [0, 0.1) is 0 Å². The first-order chi connectivity index (χ1) is 15.1. The lowest BCUT2D eigenvalue weighted by molar-refractivity contribution is 0.0694. The molecule has 0 amide bonds. The number of carboxylic acid groups (broad SMARTS) is 1. The van der Waals surface area contributed by atoms with Gasteiger partial charge in [0.2, 0.25) is 0 Å². The molecule has 0 bridgehead atoms. The molecule has 1 N–H and O–H groups in total. The van der Waals surface area contributed by atoms with Crippen LogP contribution in [0.1, 0.15) is 21.6 Å². The Bertz CT molecular complexity index is 1300. The predicted octanol–water partition coefficient (Wildman–Crippen LogP) is 6.38. The number of nitrogens with zero attached hydrogens (tertiary/aromatic N) is 2. The summed E-state index contributed by atoms with van der Waals surface area (Å²) in [6.45, 7) is 0. The maximum Gasteiger partial charge on any atom is 0.337 e. The first kappa shape index (κ1) is 19.9. The number of para-hydroxylation sites is 1. The minimum absolute atomic E-state index is 0.355. The van der Waals surface area contributed by atoms with Gasteiger partial charge in [-0.3, -0.25) is 0 Å². The van der Waals surface area contributed by atoms with E-state index in [1.165, 1.54) is 11.8 Å². The van der Waals surface area contributed by atoms with E-state index < -0.39 is 5.97 Å². The fourth-order valence-corrected chi connectivity index (χ4v) is 5.03. The van der Waals surface area contributed by atoms with Gasteiger partial charge in [0.05, 0.1) is 16.9 Å². The molecule has 0 fully saturated rings. The van der Waals surface area contributed by atoms with Crippen LogP contribution in [0.2, 0.25) is 5.02 Å². The molecule has 1 aromatic heterocycles. The molecule has 4 aromatic rings. The Morgan fingerprint density at radius 2 is 1.81 bits per heavy atom. The largest absolute Gasteiger partial charge is 0.478 e. The van der Waals surface area contributed by atoms with E-state index in [4.69, 9.17) is 16.7 Å². The predicted molar refractivity (Wildman–Crippen MR) is 126 cm³/mol. The Balaban J connectivity index is 1.79. The highest BCUT2D eigenvalue weighted by Crippen LogP contribution is 2.44. The summed E-state index contributed by atoms with van der Waals surface area (Å²) in [4.78, 5) is 13.1. The van der Waals surface area contributed by atoms with Crippen molar-refractivity contribution in [3.63, 3.8) is 0 Å². The Labute approximate surface area is 189 Å². The summed E-state index contributed by atoms with van der Waals surface area (Å²) in [5.74, 6) is -0.913. The minimum Gasteiger partial charge on any atom is -0.478 e. The van der Waals surface area contributed by atoms with Gasteiger partial charge in [-0.15, -0.1) is 11.8 Å². The van der Waals surface area contributed by atoms with Crippen LogP contribution in [0.5, 0.6) is 0 Å². The molecule has 0 radical (unpaired) electrons. The molecule has 0 spiro atoms. The van der Waals surface area contributed by atoms with E-state index >= 15 is 0 Å². The van der Waals surface area contributed by atoms with Gasteiger partial charge in [-0.05, 0) is 66.1 Å². The molecule has 6 heteroatoms. The van der Waals surface area contributed by atoms with Gasteiger partial charge in [0.1, 0.15) is 0 Å². The smallest absolute Gasteiger partial charge is 0.337 e. The molecule has 1 heterocycles. The minimum atomic E-state index is -0.913. The van der Waals surface area contributed by atoms with Gasteiger partial charge in [0, 0.05) is 27.2 Å². The second-order valence-electron chi connectivity index (χ2n) is 7.44. The van der Waals surface area contributed by atoms with E-state index in [1.54, 1.807) is 0 Å². The molecule has 0 saturated heterocycles. The van der Waals surface area contributed by atoms with E-state index in [0.29, 0.717) is 10.6 Å². The zero-order valence-electron chi connectivity index (χ0n) is 16.8. The summed E-state index contributed by atoms with van der Waals surface area (Å²) in [6.07, 6.45) is 5.38. The van der Waals surface area contributed by atoms with Gasteiger partial charge in [-0.1, -0.05) is 41.9 Å². The van der Waals surface area contributed by atoms with Crippen LogP contribution >= 0.6 is 23.4 Å². The molecule has 1 aliphatic rings. The third-order valence-electron chi connectivity index (χ3n) is 5.68. The Hall–Kier alpha value is -3.02. The Kier molecular flexibility index (Phi) is 5.08. The summed E-state index contributed by atoms with van der Waals surface area (Å²) < 4.78 is 1.85. The highest BCUT2D eigenvalue weighted by molar-refractivity contribution is 7.98. The second-order valence-corrected chi connectivity index (χ2v) is 8.72. The normalized spacial score (nSPS) is 12.3. The Morgan fingerprint density at radius 3 is 2.48 bits per heavy atom. The van der Waals surface area contributed by atoms with Crippen LogP contribution in [0.25, 0.3) is 27.9 Å². The van der Waals surface area contributed by atoms with Gasteiger partial charge in [0.25, 0.3) is 0 Å². The number of halogens is 1. The monoisotopic (exact) mass is 446 g/mol. The van der Waals surface area contributed by atoms with Crippen LogP contribution in [-0.2, 0) is 12.8 Å². The maximum absolute atomic E-state index is 12.4. The fourth-order valence-electron chi connectivity index (χ4n) is 4.28. The molecular formula is C25H19ClN2O2S. The van der Waals surface area contributed by atoms with Gasteiger partial charge in [-0.25, -0.2) is 9.48 Å². The number of aromatic carboxylic acids is 1. The van der Waals surface area contributed by atoms with E-state index in [1.807, 2.05) is 77.8 Å². The summed E-state index contributed by atoms with van der Waals surface area (Å²) >= 11 is 7.56. The molecule has 31 heavy (non-hydrogen) atoms. The van der Waals surface area contributed by atoms with Crippen molar-refractivity contribution in [1.82, 2.24) is 9.78 Å². The summed E-state index contributed by atoms with van der Waals surface area (Å²) in [5.41, 5.74) is 7.06. The lowest BCUT2D eigenvalue weighted by Gasteiger charge is -2.23. The Morgan fingerprint density at radius 1 is 1.06 bits per heavy atom. The zero-order chi connectivity index (χ0) is 21.5. The number of fused-ring (bicyclic) bond motifs is 3. The van der Waals surface area contributed by atoms with Crippen molar-refractivity contribution in [3.05, 3.63) is 88.7 Å². The van der Waals surface area contributed by atoms with Crippen LogP contribution < -0.4 is 0 Å². The molecule has 5 rings (SSSR count). The van der Waals surface area contributed by atoms with E-state index in [9.17, 15) is 9.90 Å². The van der Waals surface area contributed by atoms with E-state index in [0.717, 1.165) is 56.9 Å². The molecule has 3 aromatic carbocycles. The van der Waals surface area contributed by atoms with Crippen molar-refractivity contribution in [3.8, 4) is 27.9 Å². The standard InChI is InChI=1S/C25H19ClN2O2S/c1-31-22-13-19(15-7-9-16(26)10-8-15)18-11-12-21-20(23(18)24(22)25(29)30)14-28(27-21)17-5-3-2-4-6-17/h2-10,13-14H,11-12H2,1H3,(H,29,30). The van der Waals surface area contributed by atoms with Crippen LogP contribution in [-0.4, -0.2) is 27.1 Å². The maximum atomic E-state index is 12.4. The van der Waals surface area contributed by atoms with E-state index in [2.05, 4.69) is 0 Å². The molecular weight excluding hydrogens is 428 g/mol. The van der Waals surface area contributed by atoms with E-state index in [-0.39, 0.29) is 0 Å². The van der Waals surface area contributed by atoms with Gasteiger partial charge in [0.15, 0.2) is 0 Å². The van der Waals surface area contributed by atoms with Gasteiger partial charge in [-0.2, -0.15) is 5.10 Å². The highest BCUT2D eigenvalue weighted by Gasteiger charge is 2.30. The second kappa shape index (κ2) is 7.91. The molecule has 0 saturated carbocycles. The number of rotatable bonds is 4. The number of hydrogen-bond donors (Lipinski definition) is 1. The van der Waals surface area contributed by atoms with Crippen molar-refractivity contribution >= 4 is 29.3 Å². The number of thioether (sulfide) groups is 1. The molecule has 0 aliphatic heterocycles. The average Bonchev–Trinajstić information content (AvgIpc) is 3.23. The fraction of sp³-hybridized carbons (Fsp3) is 0.120. The quantitative estimate of drug-likeness (QED) is 0.369. The van der Waals surface area contributed by atoms with Crippen molar-refractivity contribution < 1.29 is 9.90 Å². The molecule has 0 unspecified atom stereocenters. The number of aromatic nitrogens is 2. The molecule has 1 aliphatic carbocycles. The summed E-state index contributed by atoms with van der Waals surface area (Å²) in [6, 6.07) is 19.6. The van der Waals surface area contributed by atoms with Crippen molar-refractivity contribution in [2.24, 2.45) is 0 Å². The lowest BCUT2D eigenvalue weighted by Crippen LogP contribution is -2.12. The molecule has 154 valence electrons. The molecule has 0 atom stereocenters. The topological polar surface area (TPSA) is 55.1 Å². The highest BCUT2D eigenvalue weighted by atomic mass is 35.5. The van der Waals surface area contributed by atoms with Crippen LogP contribution in [0.15, 0.2) is 71.8 Å².